The van der Waals surface area contributed by atoms with Gasteiger partial charge in [0, 0.05) is 31.2 Å². The Bertz CT molecular complexity index is 1260. The topological polar surface area (TPSA) is 103 Å². The van der Waals surface area contributed by atoms with Crippen LogP contribution in [0.25, 0.3) is 0 Å². The van der Waals surface area contributed by atoms with E-state index in [9.17, 15) is 13.2 Å². The normalized spacial score (nSPS) is 19.9. The summed E-state index contributed by atoms with van der Waals surface area (Å²) in [6.45, 7) is 7.85. The molecule has 2 aromatic rings. The second-order valence-electron chi connectivity index (χ2n) is 10.6. The first-order chi connectivity index (χ1) is 18.8. The fraction of sp³-hybridized carbons (Fsp3) is 0.500. The maximum atomic E-state index is 13.3. The summed E-state index contributed by atoms with van der Waals surface area (Å²) in [6.07, 6.45) is 5.61. The van der Waals surface area contributed by atoms with E-state index >= 15 is 0 Å². The minimum absolute atomic E-state index is 0.153. The quantitative estimate of drug-likeness (QED) is 0.294. The lowest BCUT2D eigenvalue weighted by molar-refractivity contribution is 0.0677. The third-order valence-corrected chi connectivity index (χ3v) is 9.81. The maximum absolute atomic E-state index is 13.3. The molecule has 1 aliphatic carbocycles. The highest BCUT2D eigenvalue weighted by atomic mass is 32.2. The predicted molar refractivity (Wildman–Crippen MR) is 153 cm³/mol. The molecule has 0 saturated heterocycles. The van der Waals surface area contributed by atoms with Gasteiger partial charge in [0.25, 0.3) is 5.91 Å². The Morgan fingerprint density at radius 2 is 2.05 bits per heavy atom. The van der Waals surface area contributed by atoms with Gasteiger partial charge in [-0.05, 0) is 67.3 Å². The van der Waals surface area contributed by atoms with Gasteiger partial charge < -0.3 is 19.5 Å². The second-order valence-corrected chi connectivity index (χ2v) is 12.5. The first-order valence-corrected chi connectivity index (χ1v) is 15.2. The number of ether oxygens (including phenoxy) is 3. The molecule has 0 aromatic heterocycles. The molecule has 2 aromatic carbocycles. The average molecular weight is 557 g/mol. The van der Waals surface area contributed by atoms with Gasteiger partial charge in [-0.1, -0.05) is 37.3 Å². The van der Waals surface area contributed by atoms with Crippen molar-refractivity contribution in [2.75, 3.05) is 45.4 Å². The minimum Gasteiger partial charge on any atom is -0.490 e. The molecule has 0 bridgehead atoms. The molecule has 0 fully saturated rings. The van der Waals surface area contributed by atoms with Gasteiger partial charge in [0.2, 0.25) is 10.0 Å². The van der Waals surface area contributed by atoms with Crippen LogP contribution in [0.2, 0.25) is 0 Å². The van der Waals surface area contributed by atoms with Crippen LogP contribution in [0.3, 0.4) is 0 Å². The fourth-order valence-electron chi connectivity index (χ4n) is 5.68. The molecule has 39 heavy (non-hydrogen) atoms. The number of nitrogens with one attached hydrogen (secondary N) is 2. The molecular formula is C30H40N2O6S. The first-order valence-electron chi connectivity index (χ1n) is 13.6. The highest BCUT2D eigenvalue weighted by Gasteiger charge is 2.39. The lowest BCUT2D eigenvalue weighted by atomic mass is 9.70. The summed E-state index contributed by atoms with van der Waals surface area (Å²) < 4.78 is 45.7. The summed E-state index contributed by atoms with van der Waals surface area (Å²) in [5.74, 6) is -0.256. The number of sulfonamides is 1. The molecular weight excluding hydrogens is 516 g/mol. The van der Waals surface area contributed by atoms with Gasteiger partial charge in [0.05, 0.1) is 30.8 Å². The van der Waals surface area contributed by atoms with Gasteiger partial charge in [0.15, 0.2) is 0 Å². The number of hydrogen-bond acceptors (Lipinski definition) is 7. The Kier molecular flexibility index (Phi) is 9.69. The van der Waals surface area contributed by atoms with E-state index in [2.05, 4.69) is 40.9 Å². The van der Waals surface area contributed by atoms with Gasteiger partial charge in [-0.2, -0.15) is 0 Å². The zero-order valence-electron chi connectivity index (χ0n) is 22.9. The molecule has 4 rings (SSSR count). The summed E-state index contributed by atoms with van der Waals surface area (Å²) in [5.41, 5.74) is 3.45. The van der Waals surface area contributed by atoms with E-state index in [1.807, 2.05) is 6.92 Å². The molecule has 0 radical (unpaired) electrons. The molecule has 1 amide bonds. The number of aryl methyl sites for hydroxylation is 1. The van der Waals surface area contributed by atoms with Crippen LogP contribution in [-0.4, -0.2) is 59.7 Å². The fourth-order valence-corrected chi connectivity index (χ4v) is 7.33. The molecule has 1 heterocycles. The lowest BCUT2D eigenvalue weighted by Gasteiger charge is -2.37. The number of hydrogen-bond donors (Lipinski definition) is 2. The van der Waals surface area contributed by atoms with E-state index in [1.54, 1.807) is 31.4 Å². The van der Waals surface area contributed by atoms with E-state index in [4.69, 9.17) is 14.2 Å². The van der Waals surface area contributed by atoms with Gasteiger partial charge in [-0.15, -0.1) is 6.58 Å². The number of carbonyl (C=O) groups is 1. The second kappa shape index (κ2) is 13.0. The summed E-state index contributed by atoms with van der Waals surface area (Å²) >= 11 is 0. The monoisotopic (exact) mass is 556 g/mol. The van der Waals surface area contributed by atoms with Crippen molar-refractivity contribution < 1.29 is 27.4 Å². The van der Waals surface area contributed by atoms with Crippen LogP contribution in [0.1, 0.15) is 54.1 Å². The van der Waals surface area contributed by atoms with Crippen LogP contribution in [-0.2, 0) is 31.3 Å². The van der Waals surface area contributed by atoms with Crippen molar-refractivity contribution in [1.29, 1.82) is 0 Å². The standard InChI is InChI=1S/C30H40N2O6S/c1-4-8-22(2)28(14-16-37-18-17-36-3)39(34,35)32-29(33)24-12-13-27-26(19-24)31-20-30(21-38-27)15-7-10-23-9-5-6-11-25(23)30/h4-6,9,11-13,19,22,28,31H,1,7-8,10,14-18,20-21H2,2-3H3,(H,32,33)/t22-,28-,30?/m0/s1. The van der Waals surface area contributed by atoms with Crippen LogP contribution in [0.4, 0.5) is 5.69 Å². The van der Waals surface area contributed by atoms with Gasteiger partial charge >= 0.3 is 0 Å². The number of allylic oxidation sites excluding steroid dienone is 1. The number of rotatable bonds is 12. The number of fused-ring (bicyclic) bond motifs is 3. The number of amides is 1. The van der Waals surface area contributed by atoms with Gasteiger partial charge in [-0.25, -0.2) is 13.1 Å². The molecule has 212 valence electrons. The van der Waals surface area contributed by atoms with Crippen molar-refractivity contribution in [3.05, 3.63) is 71.8 Å². The number of methoxy groups -OCH3 is 1. The van der Waals surface area contributed by atoms with Crippen LogP contribution < -0.4 is 14.8 Å². The van der Waals surface area contributed by atoms with Crippen molar-refractivity contribution >= 4 is 21.6 Å². The molecule has 1 spiro atoms. The minimum atomic E-state index is -3.98. The molecule has 9 heteroatoms. The van der Waals surface area contributed by atoms with Crippen molar-refractivity contribution in [2.45, 2.75) is 49.7 Å². The molecule has 1 aliphatic heterocycles. The van der Waals surface area contributed by atoms with Crippen LogP contribution in [0.15, 0.2) is 55.1 Å². The molecule has 2 N–H and O–H groups in total. The maximum Gasteiger partial charge on any atom is 0.264 e. The van der Waals surface area contributed by atoms with Crippen LogP contribution in [0, 0.1) is 5.92 Å². The zero-order chi connectivity index (χ0) is 27.9. The van der Waals surface area contributed by atoms with Crippen molar-refractivity contribution in [3.63, 3.8) is 0 Å². The third kappa shape index (κ3) is 6.83. The average Bonchev–Trinajstić information content (AvgIpc) is 3.10. The lowest BCUT2D eigenvalue weighted by Crippen LogP contribution is -2.42. The Labute approximate surface area is 232 Å². The first kappa shape index (κ1) is 29.1. The van der Waals surface area contributed by atoms with E-state index in [1.165, 1.54) is 11.1 Å². The summed E-state index contributed by atoms with van der Waals surface area (Å²) in [7, 11) is -2.40. The van der Waals surface area contributed by atoms with Crippen molar-refractivity contribution in [1.82, 2.24) is 4.72 Å². The molecule has 3 atom stereocenters. The Morgan fingerprint density at radius 3 is 2.85 bits per heavy atom. The summed E-state index contributed by atoms with van der Waals surface area (Å²) in [5, 5.41) is 2.69. The van der Waals surface area contributed by atoms with E-state index in [0.29, 0.717) is 44.2 Å². The van der Waals surface area contributed by atoms with E-state index < -0.39 is 21.2 Å². The Balaban J connectivity index is 1.47. The Hall–Kier alpha value is -2.88. The third-order valence-electron chi connectivity index (χ3n) is 7.84. The van der Waals surface area contributed by atoms with E-state index in [0.717, 1.165) is 19.3 Å². The van der Waals surface area contributed by atoms with Crippen molar-refractivity contribution in [3.8, 4) is 5.75 Å². The number of benzene rings is 2. The number of carbonyl (C=O) groups excluding carboxylic acids is 1. The smallest absolute Gasteiger partial charge is 0.264 e. The van der Waals surface area contributed by atoms with Crippen molar-refractivity contribution in [2.24, 2.45) is 5.92 Å². The highest BCUT2D eigenvalue weighted by Crippen LogP contribution is 2.41. The number of anilines is 1. The van der Waals surface area contributed by atoms with Crippen LogP contribution >= 0.6 is 0 Å². The SMILES string of the molecule is C=CC[C@H](C)[C@H](CCOCCOC)S(=O)(=O)NC(=O)c1ccc2c(c1)NCC1(CCCc3ccccc31)CO2. The largest absolute Gasteiger partial charge is 0.490 e. The molecule has 0 saturated carbocycles. The predicted octanol–water partition coefficient (Wildman–Crippen LogP) is 4.46. The Morgan fingerprint density at radius 1 is 1.23 bits per heavy atom. The molecule has 2 aliphatic rings. The summed E-state index contributed by atoms with van der Waals surface area (Å²) in [6, 6.07) is 13.5. The van der Waals surface area contributed by atoms with E-state index in [-0.39, 0.29) is 29.9 Å². The molecule has 8 nitrogen and oxygen atoms in total. The van der Waals surface area contributed by atoms with Crippen LogP contribution in [0.5, 0.6) is 5.75 Å². The summed E-state index contributed by atoms with van der Waals surface area (Å²) in [4.78, 5) is 13.2. The van der Waals surface area contributed by atoms with Gasteiger partial charge in [0.1, 0.15) is 5.75 Å². The van der Waals surface area contributed by atoms with Gasteiger partial charge in [-0.3, -0.25) is 4.79 Å². The molecule has 1 unspecified atom stereocenters. The highest BCUT2D eigenvalue weighted by molar-refractivity contribution is 7.90. The zero-order valence-corrected chi connectivity index (χ0v) is 23.7.